The van der Waals surface area contributed by atoms with Crippen LogP contribution >= 0.6 is 22.9 Å². The third-order valence-electron chi connectivity index (χ3n) is 2.30. The molecule has 1 heterocycles. The number of hydrogen-bond acceptors (Lipinski definition) is 3. The lowest BCUT2D eigenvalue weighted by Gasteiger charge is -2.07. The van der Waals surface area contributed by atoms with Crippen LogP contribution in [0.2, 0.25) is 5.02 Å². The molecule has 0 spiro atoms. The monoisotopic (exact) mass is 314 g/mol. The van der Waals surface area contributed by atoms with E-state index in [-0.39, 0.29) is 15.6 Å². The molecule has 1 aromatic heterocycles. The highest BCUT2D eigenvalue weighted by atomic mass is 35.5. The molecule has 5 nitrogen and oxygen atoms in total. The molecule has 1 aromatic carbocycles. The third kappa shape index (κ3) is 3.25. The summed E-state index contributed by atoms with van der Waals surface area (Å²) >= 11 is 6.67. The van der Waals surface area contributed by atoms with Gasteiger partial charge in [-0.1, -0.05) is 11.6 Å². The van der Waals surface area contributed by atoms with E-state index in [1.807, 2.05) is 0 Å². The Labute approximate surface area is 122 Å². The average molecular weight is 315 g/mol. The van der Waals surface area contributed by atoms with Gasteiger partial charge in [0.25, 0.3) is 0 Å². The van der Waals surface area contributed by atoms with E-state index in [1.54, 1.807) is 5.38 Å². The third-order valence-corrected chi connectivity index (χ3v) is 3.42. The number of anilines is 2. The topological polar surface area (TPSA) is 78.4 Å². The summed E-state index contributed by atoms with van der Waals surface area (Å²) in [7, 11) is 0. The highest BCUT2D eigenvalue weighted by Gasteiger charge is 2.14. The van der Waals surface area contributed by atoms with Gasteiger partial charge >= 0.3 is 12.0 Å². The minimum atomic E-state index is -1.13. The predicted molar refractivity (Wildman–Crippen MR) is 75.3 cm³/mol. The highest BCUT2D eigenvalue weighted by molar-refractivity contribution is 7.14. The Bertz CT molecular complexity index is 674. The summed E-state index contributed by atoms with van der Waals surface area (Å²) in [6.07, 6.45) is 0. The molecule has 8 heteroatoms. The Morgan fingerprint density at radius 2 is 2.00 bits per heavy atom. The molecule has 20 heavy (non-hydrogen) atoms. The van der Waals surface area contributed by atoms with Crippen molar-refractivity contribution < 1.29 is 19.1 Å². The minimum absolute atomic E-state index is 0.00212. The van der Waals surface area contributed by atoms with Gasteiger partial charge in [-0.2, -0.15) is 0 Å². The van der Waals surface area contributed by atoms with Gasteiger partial charge < -0.3 is 10.4 Å². The molecule has 0 saturated carbocycles. The summed E-state index contributed by atoms with van der Waals surface area (Å²) in [4.78, 5) is 22.6. The number of carboxylic acid groups (broad SMARTS) is 1. The number of carboxylic acids is 1. The van der Waals surface area contributed by atoms with Crippen molar-refractivity contribution in [2.45, 2.75) is 0 Å². The fourth-order valence-corrected chi connectivity index (χ4v) is 2.37. The molecule has 2 rings (SSSR count). The zero-order valence-corrected chi connectivity index (χ0v) is 11.4. The van der Waals surface area contributed by atoms with E-state index in [0.717, 1.165) is 17.4 Å². The molecule has 0 aliphatic rings. The van der Waals surface area contributed by atoms with Gasteiger partial charge in [0.2, 0.25) is 0 Å². The largest absolute Gasteiger partial charge is 0.478 e. The Morgan fingerprint density at radius 1 is 1.25 bits per heavy atom. The molecule has 0 aliphatic carbocycles. The number of amides is 2. The summed E-state index contributed by atoms with van der Waals surface area (Å²) < 4.78 is 13.0. The fourth-order valence-electron chi connectivity index (χ4n) is 1.41. The number of hydrogen-bond donors (Lipinski definition) is 3. The standard InChI is InChI=1S/C12H8ClFN2O3S/c13-8-5-6(1-2-9(8)14)15-12(19)16-10-7(11(17)18)3-4-20-10/h1-5H,(H,17,18)(H2,15,16,19). The number of carbonyl (C=O) groups is 2. The van der Waals surface area contributed by atoms with E-state index in [2.05, 4.69) is 10.6 Å². The maximum Gasteiger partial charge on any atom is 0.338 e. The summed E-state index contributed by atoms with van der Waals surface area (Å²) in [6.45, 7) is 0. The van der Waals surface area contributed by atoms with E-state index in [1.165, 1.54) is 18.2 Å². The van der Waals surface area contributed by atoms with E-state index in [4.69, 9.17) is 16.7 Å². The maximum absolute atomic E-state index is 13.0. The molecular weight excluding hydrogens is 307 g/mol. The first kappa shape index (κ1) is 14.3. The number of thiophene rings is 1. The van der Waals surface area contributed by atoms with Crippen molar-refractivity contribution in [3.63, 3.8) is 0 Å². The van der Waals surface area contributed by atoms with Crippen LogP contribution in [0.4, 0.5) is 19.9 Å². The van der Waals surface area contributed by atoms with E-state index in [0.29, 0.717) is 5.69 Å². The first-order valence-corrected chi connectivity index (χ1v) is 6.57. The number of carbonyl (C=O) groups excluding carboxylic acids is 1. The van der Waals surface area contributed by atoms with Crippen LogP contribution in [0.3, 0.4) is 0 Å². The van der Waals surface area contributed by atoms with Crippen LogP contribution in [-0.4, -0.2) is 17.1 Å². The van der Waals surface area contributed by atoms with Gasteiger partial charge in [-0.3, -0.25) is 5.32 Å². The summed E-state index contributed by atoms with van der Waals surface area (Å²) in [6, 6.07) is 4.46. The van der Waals surface area contributed by atoms with Crippen LogP contribution in [0.5, 0.6) is 0 Å². The molecule has 0 radical (unpaired) electrons. The molecule has 0 saturated heterocycles. The Balaban J connectivity index is 2.07. The smallest absolute Gasteiger partial charge is 0.338 e. The second-order valence-electron chi connectivity index (χ2n) is 3.68. The molecule has 0 atom stereocenters. The van der Waals surface area contributed by atoms with E-state index >= 15 is 0 Å². The lowest BCUT2D eigenvalue weighted by Crippen LogP contribution is -2.20. The molecule has 2 amide bonds. The normalized spacial score (nSPS) is 10.1. The van der Waals surface area contributed by atoms with E-state index in [9.17, 15) is 14.0 Å². The Morgan fingerprint density at radius 3 is 2.65 bits per heavy atom. The van der Waals surface area contributed by atoms with Gasteiger partial charge in [-0.15, -0.1) is 11.3 Å². The van der Waals surface area contributed by atoms with Crippen molar-refractivity contribution in [1.29, 1.82) is 0 Å². The fraction of sp³-hybridized carbons (Fsp3) is 0. The van der Waals surface area contributed by atoms with Crippen LogP contribution in [0.15, 0.2) is 29.6 Å². The van der Waals surface area contributed by atoms with Crippen LogP contribution < -0.4 is 10.6 Å². The molecular formula is C12H8ClFN2O3S. The van der Waals surface area contributed by atoms with Gasteiger partial charge in [0.1, 0.15) is 10.8 Å². The molecule has 104 valence electrons. The van der Waals surface area contributed by atoms with E-state index < -0.39 is 17.8 Å². The Kier molecular flexibility index (Phi) is 4.21. The van der Waals surface area contributed by atoms with Crippen molar-refractivity contribution in [3.8, 4) is 0 Å². The van der Waals surface area contributed by atoms with Crippen LogP contribution in [0.1, 0.15) is 10.4 Å². The number of nitrogens with one attached hydrogen (secondary N) is 2. The lowest BCUT2D eigenvalue weighted by atomic mass is 10.3. The highest BCUT2D eigenvalue weighted by Crippen LogP contribution is 2.24. The van der Waals surface area contributed by atoms with Gasteiger partial charge in [0.05, 0.1) is 10.6 Å². The molecule has 0 fully saturated rings. The zero-order chi connectivity index (χ0) is 14.7. The van der Waals surface area contributed by atoms with Crippen molar-refractivity contribution in [1.82, 2.24) is 0 Å². The number of aromatic carboxylic acids is 1. The minimum Gasteiger partial charge on any atom is -0.478 e. The maximum atomic E-state index is 13.0. The Hall–Kier alpha value is -2.12. The molecule has 0 unspecified atom stereocenters. The number of benzene rings is 1. The van der Waals surface area contributed by atoms with Crippen molar-refractivity contribution in [2.24, 2.45) is 0 Å². The summed E-state index contributed by atoms with van der Waals surface area (Å²) in [5.41, 5.74) is 0.296. The van der Waals surface area contributed by atoms with Crippen molar-refractivity contribution >= 4 is 45.6 Å². The van der Waals surface area contributed by atoms with Crippen molar-refractivity contribution in [2.75, 3.05) is 10.6 Å². The summed E-state index contributed by atoms with van der Waals surface area (Å²) in [5, 5.41) is 15.4. The molecule has 0 aliphatic heterocycles. The molecule has 2 aromatic rings. The average Bonchev–Trinajstić information content (AvgIpc) is 2.82. The zero-order valence-electron chi connectivity index (χ0n) is 9.81. The number of urea groups is 1. The van der Waals surface area contributed by atoms with Gasteiger partial charge in [-0.05, 0) is 29.6 Å². The van der Waals surface area contributed by atoms with Crippen molar-refractivity contribution in [3.05, 3.63) is 46.0 Å². The van der Waals surface area contributed by atoms with Crippen LogP contribution in [-0.2, 0) is 0 Å². The van der Waals surface area contributed by atoms with Gasteiger partial charge in [-0.25, -0.2) is 14.0 Å². The first-order valence-electron chi connectivity index (χ1n) is 5.31. The number of halogens is 2. The van der Waals surface area contributed by atoms with Gasteiger partial charge in [0, 0.05) is 5.69 Å². The van der Waals surface area contributed by atoms with Crippen LogP contribution in [0.25, 0.3) is 0 Å². The van der Waals surface area contributed by atoms with Crippen LogP contribution in [0, 0.1) is 5.82 Å². The quantitative estimate of drug-likeness (QED) is 0.804. The lowest BCUT2D eigenvalue weighted by molar-refractivity contribution is 0.0698. The predicted octanol–water partition coefficient (Wildman–Crippen LogP) is 3.88. The molecule has 3 N–H and O–H groups in total. The second kappa shape index (κ2) is 5.89. The summed E-state index contributed by atoms with van der Waals surface area (Å²) in [5.74, 6) is -1.73. The SMILES string of the molecule is O=C(Nc1ccc(F)c(Cl)c1)Nc1sccc1C(=O)O. The molecule has 0 bridgehead atoms. The second-order valence-corrected chi connectivity index (χ2v) is 5.00. The van der Waals surface area contributed by atoms with Gasteiger partial charge in [0.15, 0.2) is 0 Å². The first-order chi connectivity index (χ1) is 9.47. The number of rotatable bonds is 3.